The van der Waals surface area contributed by atoms with Gasteiger partial charge in [-0.3, -0.25) is 0 Å². The first kappa shape index (κ1) is 13.0. The van der Waals surface area contributed by atoms with Crippen LogP contribution in [0.3, 0.4) is 0 Å². The maximum Gasteiger partial charge on any atom is 0.213 e. The van der Waals surface area contributed by atoms with Crippen LogP contribution < -0.4 is 5.32 Å². The van der Waals surface area contributed by atoms with Crippen molar-refractivity contribution in [2.45, 2.75) is 13.0 Å². The second-order valence-corrected chi connectivity index (χ2v) is 5.21. The molecule has 2 aromatic heterocycles. The number of hydrogen-bond donors (Lipinski definition) is 1. The summed E-state index contributed by atoms with van der Waals surface area (Å²) in [5.74, 6) is 0.724. The smallest absolute Gasteiger partial charge is 0.213 e. The molecule has 0 aliphatic heterocycles. The van der Waals surface area contributed by atoms with Gasteiger partial charge in [0.05, 0.1) is 5.69 Å². The Kier molecular flexibility index (Phi) is 4.15. The van der Waals surface area contributed by atoms with Crippen LogP contribution >= 0.6 is 11.3 Å². The third kappa shape index (κ3) is 3.28. The average molecular weight is 286 g/mol. The lowest BCUT2D eigenvalue weighted by molar-refractivity contribution is 0.409. The van der Waals surface area contributed by atoms with Gasteiger partial charge in [0.15, 0.2) is 5.82 Å². The van der Waals surface area contributed by atoms with E-state index in [1.54, 1.807) is 11.3 Å². The molecule has 0 radical (unpaired) electrons. The summed E-state index contributed by atoms with van der Waals surface area (Å²) in [4.78, 5) is 8.60. The summed E-state index contributed by atoms with van der Waals surface area (Å²) in [7, 11) is 0. The van der Waals surface area contributed by atoms with E-state index in [4.69, 9.17) is 0 Å². The lowest BCUT2D eigenvalue weighted by Crippen LogP contribution is -2.17. The number of nitrogens with one attached hydrogen (secondary N) is 1. The number of thiazole rings is 1. The van der Waals surface area contributed by atoms with Gasteiger partial charge in [-0.2, -0.15) is 4.98 Å². The maximum absolute atomic E-state index is 4.68. The zero-order chi connectivity index (χ0) is 13.6. The number of aromatic nitrogens is 3. The standard InChI is InChI=1S/C14H14N4OS/c1-2-4-11(5-3-1)12-9-20-14(17-12)8-15-7-6-13-16-10-19-18-13/h1-5,9-10,15H,6-8H2. The highest BCUT2D eigenvalue weighted by Gasteiger charge is 2.04. The fourth-order valence-corrected chi connectivity index (χ4v) is 2.60. The van der Waals surface area contributed by atoms with Gasteiger partial charge in [0, 0.05) is 30.5 Å². The van der Waals surface area contributed by atoms with Crippen LogP contribution in [0.15, 0.2) is 46.6 Å². The highest BCUT2D eigenvalue weighted by Crippen LogP contribution is 2.21. The van der Waals surface area contributed by atoms with E-state index in [2.05, 4.69) is 42.5 Å². The molecule has 0 saturated heterocycles. The van der Waals surface area contributed by atoms with Gasteiger partial charge in [-0.25, -0.2) is 4.98 Å². The molecule has 0 aliphatic carbocycles. The van der Waals surface area contributed by atoms with Crippen molar-refractivity contribution in [1.29, 1.82) is 0 Å². The largest absolute Gasteiger partial charge is 0.343 e. The molecule has 0 atom stereocenters. The summed E-state index contributed by atoms with van der Waals surface area (Å²) < 4.78 is 4.68. The average Bonchev–Trinajstić information content (AvgIpc) is 3.16. The monoisotopic (exact) mass is 286 g/mol. The molecule has 6 heteroatoms. The molecule has 102 valence electrons. The molecule has 1 aromatic carbocycles. The Balaban J connectivity index is 1.50. The van der Waals surface area contributed by atoms with Crippen molar-refractivity contribution in [3.05, 3.63) is 52.9 Å². The van der Waals surface area contributed by atoms with Crippen molar-refractivity contribution in [1.82, 2.24) is 20.4 Å². The Bertz CT molecular complexity index is 636. The lowest BCUT2D eigenvalue weighted by atomic mass is 10.2. The molecule has 0 fully saturated rings. The Morgan fingerprint density at radius 1 is 1.20 bits per heavy atom. The molecule has 2 heterocycles. The normalized spacial score (nSPS) is 10.8. The molecule has 1 N–H and O–H groups in total. The zero-order valence-electron chi connectivity index (χ0n) is 10.8. The van der Waals surface area contributed by atoms with E-state index in [1.807, 2.05) is 18.2 Å². The van der Waals surface area contributed by atoms with Crippen LogP contribution in [-0.4, -0.2) is 21.7 Å². The first-order chi connectivity index (χ1) is 9.92. The Morgan fingerprint density at radius 3 is 2.90 bits per heavy atom. The van der Waals surface area contributed by atoms with Gasteiger partial charge in [0.25, 0.3) is 0 Å². The summed E-state index contributed by atoms with van der Waals surface area (Å²) >= 11 is 1.67. The molecule has 0 spiro atoms. The van der Waals surface area contributed by atoms with Crippen molar-refractivity contribution in [2.75, 3.05) is 6.54 Å². The van der Waals surface area contributed by atoms with Gasteiger partial charge < -0.3 is 9.84 Å². The minimum Gasteiger partial charge on any atom is -0.343 e. The van der Waals surface area contributed by atoms with Gasteiger partial charge in [0.2, 0.25) is 6.39 Å². The van der Waals surface area contributed by atoms with Gasteiger partial charge in [-0.05, 0) is 0 Å². The van der Waals surface area contributed by atoms with Crippen LogP contribution in [0.5, 0.6) is 0 Å². The molecule has 5 nitrogen and oxygen atoms in total. The van der Waals surface area contributed by atoms with Crippen LogP contribution in [-0.2, 0) is 13.0 Å². The summed E-state index contributed by atoms with van der Waals surface area (Å²) in [6.45, 7) is 1.56. The van der Waals surface area contributed by atoms with Crippen molar-refractivity contribution in [2.24, 2.45) is 0 Å². The SMILES string of the molecule is c1ccc(-c2csc(CNCCc3ncon3)n2)cc1. The third-order valence-electron chi connectivity index (χ3n) is 2.83. The van der Waals surface area contributed by atoms with E-state index in [0.29, 0.717) is 0 Å². The number of hydrogen-bond acceptors (Lipinski definition) is 6. The minimum absolute atomic E-state index is 0.724. The predicted octanol–water partition coefficient (Wildman–Crippen LogP) is 2.53. The first-order valence-corrected chi connectivity index (χ1v) is 7.25. The van der Waals surface area contributed by atoms with Crippen molar-refractivity contribution in [3.63, 3.8) is 0 Å². The molecule has 20 heavy (non-hydrogen) atoms. The molecule has 0 amide bonds. The summed E-state index contributed by atoms with van der Waals surface area (Å²) in [6.07, 6.45) is 2.11. The number of benzene rings is 1. The second-order valence-electron chi connectivity index (χ2n) is 4.27. The van der Waals surface area contributed by atoms with E-state index in [-0.39, 0.29) is 0 Å². The molecule has 0 aliphatic rings. The highest BCUT2D eigenvalue weighted by molar-refractivity contribution is 7.09. The van der Waals surface area contributed by atoms with Gasteiger partial charge in [-0.15, -0.1) is 11.3 Å². The number of rotatable bonds is 6. The fourth-order valence-electron chi connectivity index (χ4n) is 1.83. The van der Waals surface area contributed by atoms with E-state index >= 15 is 0 Å². The molecule has 0 bridgehead atoms. The van der Waals surface area contributed by atoms with Crippen LogP contribution in [0.2, 0.25) is 0 Å². The van der Waals surface area contributed by atoms with E-state index in [0.717, 1.165) is 41.6 Å². The molecule has 3 aromatic rings. The molecule has 0 unspecified atom stereocenters. The lowest BCUT2D eigenvalue weighted by Gasteiger charge is -1.99. The van der Waals surface area contributed by atoms with Crippen LogP contribution in [0, 0.1) is 0 Å². The summed E-state index contributed by atoms with van der Waals surface area (Å²) in [5, 5.41) is 10.3. The summed E-state index contributed by atoms with van der Waals surface area (Å²) in [6, 6.07) is 10.2. The van der Waals surface area contributed by atoms with Gasteiger partial charge >= 0.3 is 0 Å². The van der Waals surface area contributed by atoms with E-state index in [9.17, 15) is 0 Å². The Hall–Kier alpha value is -2.05. The second kappa shape index (κ2) is 6.40. The Labute approximate surface area is 120 Å². The van der Waals surface area contributed by atoms with E-state index < -0.39 is 0 Å². The quantitative estimate of drug-likeness (QED) is 0.705. The minimum atomic E-state index is 0.724. The zero-order valence-corrected chi connectivity index (χ0v) is 11.6. The van der Waals surface area contributed by atoms with Gasteiger partial charge in [0.1, 0.15) is 5.01 Å². The van der Waals surface area contributed by atoms with E-state index in [1.165, 1.54) is 6.39 Å². The number of nitrogens with zero attached hydrogens (tertiary/aromatic N) is 3. The van der Waals surface area contributed by atoms with Crippen molar-refractivity contribution < 1.29 is 4.52 Å². The van der Waals surface area contributed by atoms with Gasteiger partial charge in [-0.1, -0.05) is 35.5 Å². The third-order valence-corrected chi connectivity index (χ3v) is 3.68. The predicted molar refractivity (Wildman–Crippen MR) is 77.3 cm³/mol. The van der Waals surface area contributed by atoms with Crippen molar-refractivity contribution >= 4 is 11.3 Å². The molecular formula is C14H14N4OS. The van der Waals surface area contributed by atoms with Crippen molar-refractivity contribution in [3.8, 4) is 11.3 Å². The Morgan fingerprint density at radius 2 is 2.10 bits per heavy atom. The maximum atomic E-state index is 4.68. The fraction of sp³-hybridized carbons (Fsp3) is 0.214. The van der Waals surface area contributed by atoms with Crippen LogP contribution in [0.1, 0.15) is 10.8 Å². The molecule has 3 rings (SSSR count). The topological polar surface area (TPSA) is 63.8 Å². The summed E-state index contributed by atoms with van der Waals surface area (Å²) in [5.41, 5.74) is 2.19. The van der Waals surface area contributed by atoms with Crippen LogP contribution in [0.25, 0.3) is 11.3 Å². The van der Waals surface area contributed by atoms with Crippen LogP contribution in [0.4, 0.5) is 0 Å². The first-order valence-electron chi connectivity index (χ1n) is 6.37. The molecular weight excluding hydrogens is 272 g/mol. The highest BCUT2D eigenvalue weighted by atomic mass is 32.1. The molecule has 0 saturated carbocycles.